The molecule has 0 aliphatic carbocycles. The van der Waals surface area contributed by atoms with Crippen LogP contribution < -0.4 is 0 Å². The maximum absolute atomic E-state index is 8.57. The van der Waals surface area contributed by atoms with Gasteiger partial charge in [0.25, 0.3) is 0 Å². The summed E-state index contributed by atoms with van der Waals surface area (Å²) in [5, 5.41) is 8.57. The van der Waals surface area contributed by atoms with Crippen molar-refractivity contribution in [2.24, 2.45) is 0 Å². The van der Waals surface area contributed by atoms with Crippen LogP contribution in [0.1, 0.15) is 18.1 Å². The van der Waals surface area contributed by atoms with E-state index < -0.39 is 0 Å². The molecule has 0 aliphatic rings. The molecule has 13 heavy (non-hydrogen) atoms. The highest BCUT2D eigenvalue weighted by Gasteiger charge is 1.91. The number of hydrogen-bond donors (Lipinski definition) is 1. The highest BCUT2D eigenvalue weighted by Crippen LogP contribution is 2.12. The van der Waals surface area contributed by atoms with Crippen molar-refractivity contribution in [2.75, 3.05) is 6.61 Å². The topological polar surface area (TPSA) is 20.2 Å². The molecule has 0 amide bonds. The van der Waals surface area contributed by atoms with E-state index in [1.165, 1.54) is 0 Å². The average Bonchev–Trinajstić information content (AvgIpc) is 2.15. The first kappa shape index (κ1) is 9.75. The van der Waals surface area contributed by atoms with Crippen LogP contribution in [0.5, 0.6) is 0 Å². The molecule has 1 heteroatoms. The molecule has 0 radical (unpaired) electrons. The van der Waals surface area contributed by atoms with Crippen LogP contribution in [-0.2, 0) is 0 Å². The molecule has 0 aliphatic heterocycles. The molecule has 1 aromatic carbocycles. The van der Waals surface area contributed by atoms with Gasteiger partial charge in [-0.15, -0.1) is 0 Å². The molecule has 0 unspecified atom stereocenters. The molecular formula is C12H14O. The molecule has 0 atom stereocenters. The molecule has 1 N–H and O–H groups in total. The summed E-state index contributed by atoms with van der Waals surface area (Å²) in [6, 6.07) is 8.07. The normalized spacial score (nSPS) is 10.6. The molecule has 0 saturated heterocycles. The lowest BCUT2D eigenvalue weighted by Crippen LogP contribution is -1.78. The molecule has 0 aromatic heterocycles. The molecular weight excluding hydrogens is 160 g/mol. The highest BCUT2D eigenvalue weighted by atomic mass is 16.2. The molecule has 1 aromatic rings. The number of allylic oxidation sites excluding steroid dienone is 1. The summed E-state index contributed by atoms with van der Waals surface area (Å²) in [5.41, 5.74) is 3.32. The Labute approximate surface area is 79.0 Å². The van der Waals surface area contributed by atoms with Crippen LogP contribution in [-0.4, -0.2) is 11.7 Å². The molecule has 0 fully saturated rings. The minimum atomic E-state index is 0.0856. The van der Waals surface area contributed by atoms with E-state index in [-0.39, 0.29) is 6.61 Å². The Morgan fingerprint density at radius 3 is 2.46 bits per heavy atom. The Hall–Kier alpha value is -1.34. The van der Waals surface area contributed by atoms with Crippen molar-refractivity contribution < 1.29 is 5.11 Å². The Morgan fingerprint density at radius 2 is 2.00 bits per heavy atom. The van der Waals surface area contributed by atoms with Crippen LogP contribution in [0.4, 0.5) is 0 Å². The van der Waals surface area contributed by atoms with Gasteiger partial charge in [0.05, 0.1) is 6.61 Å². The second-order valence-corrected chi connectivity index (χ2v) is 2.99. The van der Waals surface area contributed by atoms with Gasteiger partial charge in [-0.25, -0.2) is 0 Å². The van der Waals surface area contributed by atoms with E-state index in [2.05, 4.69) is 6.58 Å². The van der Waals surface area contributed by atoms with E-state index in [9.17, 15) is 0 Å². The third kappa shape index (κ3) is 2.88. The molecule has 1 nitrogen and oxygen atoms in total. The predicted molar refractivity (Wildman–Crippen MR) is 57.3 cm³/mol. The summed E-state index contributed by atoms with van der Waals surface area (Å²) in [4.78, 5) is 0. The van der Waals surface area contributed by atoms with Crippen molar-refractivity contribution >= 4 is 11.6 Å². The van der Waals surface area contributed by atoms with Gasteiger partial charge in [-0.3, -0.25) is 0 Å². The van der Waals surface area contributed by atoms with E-state index in [1.54, 1.807) is 6.08 Å². The molecule has 0 spiro atoms. The summed E-state index contributed by atoms with van der Waals surface area (Å²) in [6.45, 7) is 5.93. The fourth-order valence-electron chi connectivity index (χ4n) is 1.07. The van der Waals surface area contributed by atoms with Gasteiger partial charge in [0.2, 0.25) is 0 Å². The van der Waals surface area contributed by atoms with Crippen LogP contribution in [0.2, 0.25) is 0 Å². The lowest BCUT2D eigenvalue weighted by atomic mass is 10.1. The van der Waals surface area contributed by atoms with Crippen molar-refractivity contribution in [3.8, 4) is 0 Å². The van der Waals surface area contributed by atoms with Crippen molar-refractivity contribution in [3.63, 3.8) is 0 Å². The number of hydrogen-bond acceptors (Lipinski definition) is 1. The van der Waals surface area contributed by atoms with Gasteiger partial charge in [0, 0.05) is 0 Å². The van der Waals surface area contributed by atoms with E-state index >= 15 is 0 Å². The SMILES string of the molecule is C=C(C)c1ccc(C=CCO)cc1. The number of aliphatic hydroxyl groups is 1. The summed E-state index contributed by atoms with van der Waals surface area (Å²) >= 11 is 0. The van der Waals surface area contributed by atoms with Crippen molar-refractivity contribution in [1.29, 1.82) is 0 Å². The van der Waals surface area contributed by atoms with Gasteiger partial charge in [0.1, 0.15) is 0 Å². The zero-order valence-corrected chi connectivity index (χ0v) is 7.83. The zero-order valence-electron chi connectivity index (χ0n) is 7.83. The second-order valence-electron chi connectivity index (χ2n) is 2.99. The van der Waals surface area contributed by atoms with Crippen molar-refractivity contribution in [2.45, 2.75) is 6.92 Å². The first-order chi connectivity index (χ1) is 6.24. The smallest absolute Gasteiger partial charge is 0.0615 e. The molecule has 0 bridgehead atoms. The zero-order chi connectivity index (χ0) is 9.68. The maximum atomic E-state index is 8.57. The van der Waals surface area contributed by atoms with Gasteiger partial charge in [-0.1, -0.05) is 48.6 Å². The minimum absolute atomic E-state index is 0.0856. The fourth-order valence-corrected chi connectivity index (χ4v) is 1.07. The highest BCUT2D eigenvalue weighted by molar-refractivity contribution is 5.63. The Morgan fingerprint density at radius 1 is 1.38 bits per heavy atom. The summed E-state index contributed by atoms with van der Waals surface area (Å²) < 4.78 is 0. The van der Waals surface area contributed by atoms with Gasteiger partial charge < -0.3 is 5.11 Å². The van der Waals surface area contributed by atoms with Crippen LogP contribution in [0.25, 0.3) is 11.6 Å². The number of aliphatic hydroxyl groups excluding tert-OH is 1. The standard InChI is InChI=1S/C12H14O/c1-10(2)12-7-5-11(6-8-12)4-3-9-13/h3-8,13H,1,9H2,2H3. The average molecular weight is 174 g/mol. The number of rotatable bonds is 3. The Bertz CT molecular complexity index is 306. The molecule has 1 rings (SSSR count). The minimum Gasteiger partial charge on any atom is -0.392 e. The Balaban J connectivity index is 2.81. The largest absolute Gasteiger partial charge is 0.392 e. The maximum Gasteiger partial charge on any atom is 0.0615 e. The molecule has 68 valence electrons. The monoisotopic (exact) mass is 174 g/mol. The summed E-state index contributed by atoms with van der Waals surface area (Å²) in [5.74, 6) is 0. The van der Waals surface area contributed by atoms with Crippen molar-refractivity contribution in [1.82, 2.24) is 0 Å². The first-order valence-corrected chi connectivity index (χ1v) is 4.27. The van der Waals surface area contributed by atoms with Gasteiger partial charge in [-0.2, -0.15) is 0 Å². The molecule has 0 heterocycles. The van der Waals surface area contributed by atoms with Crippen LogP contribution in [0.15, 0.2) is 36.9 Å². The van der Waals surface area contributed by atoms with Gasteiger partial charge in [0.15, 0.2) is 0 Å². The lowest BCUT2D eigenvalue weighted by molar-refractivity contribution is 0.343. The van der Waals surface area contributed by atoms with E-state index in [0.717, 1.165) is 16.7 Å². The van der Waals surface area contributed by atoms with Gasteiger partial charge >= 0.3 is 0 Å². The molecule has 0 saturated carbocycles. The van der Waals surface area contributed by atoms with Crippen LogP contribution >= 0.6 is 0 Å². The first-order valence-electron chi connectivity index (χ1n) is 4.27. The summed E-state index contributed by atoms with van der Waals surface area (Å²) in [6.07, 6.45) is 3.61. The number of benzene rings is 1. The quantitative estimate of drug-likeness (QED) is 0.747. The van der Waals surface area contributed by atoms with Crippen molar-refractivity contribution in [3.05, 3.63) is 48.0 Å². The third-order valence-electron chi connectivity index (χ3n) is 1.82. The van der Waals surface area contributed by atoms with E-state index in [4.69, 9.17) is 5.11 Å². The van der Waals surface area contributed by atoms with Gasteiger partial charge in [-0.05, 0) is 18.1 Å². The summed E-state index contributed by atoms with van der Waals surface area (Å²) in [7, 11) is 0. The fraction of sp³-hybridized carbons (Fsp3) is 0.167. The lowest BCUT2D eigenvalue weighted by Gasteiger charge is -1.99. The van der Waals surface area contributed by atoms with Crippen LogP contribution in [0.3, 0.4) is 0 Å². The third-order valence-corrected chi connectivity index (χ3v) is 1.82. The van der Waals surface area contributed by atoms with E-state index in [1.807, 2.05) is 37.3 Å². The predicted octanol–water partition coefficient (Wildman–Crippen LogP) is 2.73. The second kappa shape index (κ2) is 4.63. The van der Waals surface area contributed by atoms with E-state index in [0.29, 0.717) is 0 Å². The Kier molecular flexibility index (Phi) is 3.47. The van der Waals surface area contributed by atoms with Crippen LogP contribution in [0, 0.1) is 0 Å².